The van der Waals surface area contributed by atoms with Crippen molar-refractivity contribution in [1.82, 2.24) is 14.9 Å². The zero-order valence-electron chi connectivity index (χ0n) is 24.1. The molecular formula is C34H34F3N5O. The molecule has 3 aliphatic rings. The van der Waals surface area contributed by atoms with Crippen molar-refractivity contribution in [2.45, 2.75) is 44.1 Å². The Balaban J connectivity index is 1.15. The second-order valence-corrected chi connectivity index (χ2v) is 11.8. The van der Waals surface area contributed by atoms with Crippen molar-refractivity contribution in [3.05, 3.63) is 94.9 Å². The van der Waals surface area contributed by atoms with Crippen LogP contribution in [0.15, 0.2) is 60.8 Å². The molecular weight excluding hydrogens is 551 g/mol. The van der Waals surface area contributed by atoms with Gasteiger partial charge < -0.3 is 19.9 Å². The van der Waals surface area contributed by atoms with Gasteiger partial charge in [0.2, 0.25) is 5.95 Å². The number of aryl methyl sites for hydroxylation is 1. The third-order valence-corrected chi connectivity index (χ3v) is 9.11. The lowest BCUT2D eigenvalue weighted by molar-refractivity contribution is 0.253. The first kappa shape index (κ1) is 27.7. The Morgan fingerprint density at radius 2 is 1.70 bits per heavy atom. The molecule has 222 valence electrons. The first-order valence-corrected chi connectivity index (χ1v) is 15.0. The lowest BCUT2D eigenvalue weighted by Gasteiger charge is -2.40. The van der Waals surface area contributed by atoms with E-state index in [2.05, 4.69) is 50.3 Å². The minimum Gasteiger partial charge on any atom is -0.486 e. The summed E-state index contributed by atoms with van der Waals surface area (Å²) in [5.41, 5.74) is 4.67. The van der Waals surface area contributed by atoms with Crippen LogP contribution in [0, 0.1) is 17.5 Å². The van der Waals surface area contributed by atoms with Gasteiger partial charge in [-0.3, -0.25) is 0 Å². The number of aromatic nitrogens is 2. The lowest BCUT2D eigenvalue weighted by Crippen LogP contribution is -2.44. The molecule has 1 atom stereocenters. The Morgan fingerprint density at radius 3 is 2.51 bits per heavy atom. The standard InChI is InChI=1S/C34H34F3N5O/c1-41-12-10-22(11-13-41)27-9-7-25(19-28(27)35)39-34-38-20-30(37)32(40-34)24-17-29(36)33-31(18-24)42(14-15-43-33)26-8-6-21-4-2-3-5-23(21)16-26/h2-5,7,9,17-20,22,26H,6,8,10-16H2,1H3,(H,38,39,40). The summed E-state index contributed by atoms with van der Waals surface area (Å²) in [4.78, 5) is 12.9. The highest BCUT2D eigenvalue weighted by molar-refractivity contribution is 5.73. The van der Waals surface area contributed by atoms with Crippen LogP contribution in [0.25, 0.3) is 11.3 Å². The number of halogens is 3. The molecule has 0 spiro atoms. The molecule has 1 N–H and O–H groups in total. The predicted molar refractivity (Wildman–Crippen MR) is 162 cm³/mol. The molecule has 1 fully saturated rings. The van der Waals surface area contributed by atoms with Crippen molar-refractivity contribution in [2.75, 3.05) is 43.5 Å². The number of hydrogen-bond donors (Lipinski definition) is 1. The van der Waals surface area contributed by atoms with Crippen LogP contribution >= 0.6 is 0 Å². The number of benzene rings is 3. The largest absolute Gasteiger partial charge is 0.486 e. The van der Waals surface area contributed by atoms with E-state index in [9.17, 15) is 0 Å². The summed E-state index contributed by atoms with van der Waals surface area (Å²) in [5, 5.41) is 3.00. The van der Waals surface area contributed by atoms with Gasteiger partial charge in [-0.2, -0.15) is 0 Å². The van der Waals surface area contributed by atoms with Gasteiger partial charge in [0.1, 0.15) is 18.1 Å². The highest BCUT2D eigenvalue weighted by Gasteiger charge is 2.31. The SMILES string of the molecule is CN1CCC(c2ccc(Nc3ncc(F)c(-c4cc(F)c5c(c4)N(C4CCc6ccccc6C4)CCO5)n3)cc2F)CC1. The van der Waals surface area contributed by atoms with Crippen LogP contribution in [0.4, 0.5) is 30.5 Å². The number of rotatable bonds is 5. The van der Waals surface area contributed by atoms with Crippen LogP contribution in [0.2, 0.25) is 0 Å². The van der Waals surface area contributed by atoms with E-state index < -0.39 is 11.6 Å². The molecule has 1 unspecified atom stereocenters. The van der Waals surface area contributed by atoms with E-state index in [-0.39, 0.29) is 40.7 Å². The normalized spacial score (nSPS) is 19.0. The van der Waals surface area contributed by atoms with E-state index in [1.807, 2.05) is 6.07 Å². The molecule has 2 aliphatic heterocycles. The van der Waals surface area contributed by atoms with Crippen molar-refractivity contribution >= 4 is 17.3 Å². The topological polar surface area (TPSA) is 53.5 Å². The second kappa shape index (κ2) is 11.5. The van der Waals surface area contributed by atoms with E-state index in [0.717, 1.165) is 51.4 Å². The van der Waals surface area contributed by atoms with Crippen LogP contribution in [0.5, 0.6) is 5.75 Å². The molecule has 0 saturated carbocycles. The summed E-state index contributed by atoms with van der Waals surface area (Å²) >= 11 is 0. The summed E-state index contributed by atoms with van der Waals surface area (Å²) < 4.78 is 51.5. The van der Waals surface area contributed by atoms with Gasteiger partial charge in [0.25, 0.3) is 0 Å². The molecule has 0 amide bonds. The van der Waals surface area contributed by atoms with Crippen LogP contribution in [-0.2, 0) is 12.8 Å². The van der Waals surface area contributed by atoms with E-state index >= 15 is 13.2 Å². The lowest BCUT2D eigenvalue weighted by atomic mass is 9.87. The average Bonchev–Trinajstić information content (AvgIpc) is 3.02. The molecule has 9 heteroatoms. The average molecular weight is 586 g/mol. The zero-order chi connectivity index (χ0) is 29.5. The quantitative estimate of drug-likeness (QED) is 0.276. The number of piperidine rings is 1. The third kappa shape index (κ3) is 5.54. The minimum atomic E-state index is -0.677. The number of fused-ring (bicyclic) bond motifs is 2. The van der Waals surface area contributed by atoms with Crippen molar-refractivity contribution in [3.8, 4) is 17.0 Å². The molecule has 1 aromatic heterocycles. The number of ether oxygens (including phenoxy) is 1. The van der Waals surface area contributed by atoms with Crippen molar-refractivity contribution in [1.29, 1.82) is 0 Å². The highest BCUT2D eigenvalue weighted by atomic mass is 19.1. The fraction of sp³-hybridized carbons (Fsp3) is 0.353. The van der Waals surface area contributed by atoms with Gasteiger partial charge in [0.05, 0.1) is 18.4 Å². The number of anilines is 3. The number of nitrogens with one attached hydrogen (secondary N) is 1. The Labute approximate surface area is 249 Å². The van der Waals surface area contributed by atoms with E-state index in [4.69, 9.17) is 4.74 Å². The molecule has 1 aliphatic carbocycles. The molecule has 4 aromatic rings. The number of nitrogens with zero attached hydrogens (tertiary/aromatic N) is 4. The van der Waals surface area contributed by atoms with Gasteiger partial charge >= 0.3 is 0 Å². The van der Waals surface area contributed by atoms with Crippen LogP contribution in [0.3, 0.4) is 0 Å². The summed E-state index contributed by atoms with van der Waals surface area (Å²) in [5.74, 6) is -1.07. The second-order valence-electron chi connectivity index (χ2n) is 11.8. The Kier molecular flexibility index (Phi) is 7.43. The molecule has 0 radical (unpaired) electrons. The maximum absolute atomic E-state index is 15.5. The molecule has 3 aromatic carbocycles. The maximum atomic E-state index is 15.5. The van der Waals surface area contributed by atoms with Gasteiger partial charge in [-0.05, 0) is 99.1 Å². The van der Waals surface area contributed by atoms with Crippen molar-refractivity contribution in [3.63, 3.8) is 0 Å². The summed E-state index contributed by atoms with van der Waals surface area (Å²) in [7, 11) is 2.08. The smallest absolute Gasteiger partial charge is 0.227 e. The minimum absolute atomic E-state index is 0.0397. The van der Waals surface area contributed by atoms with Crippen molar-refractivity contribution in [2.24, 2.45) is 0 Å². The van der Waals surface area contributed by atoms with Gasteiger partial charge in [-0.1, -0.05) is 30.3 Å². The summed E-state index contributed by atoms with van der Waals surface area (Å²) in [6.07, 6.45) is 5.62. The monoisotopic (exact) mass is 585 g/mol. The van der Waals surface area contributed by atoms with Gasteiger partial charge in [0.15, 0.2) is 17.4 Å². The van der Waals surface area contributed by atoms with E-state index in [0.29, 0.717) is 30.1 Å². The van der Waals surface area contributed by atoms with Gasteiger partial charge in [0, 0.05) is 17.3 Å². The van der Waals surface area contributed by atoms with Gasteiger partial charge in [-0.25, -0.2) is 23.1 Å². The first-order chi connectivity index (χ1) is 20.9. The first-order valence-electron chi connectivity index (χ1n) is 15.0. The Morgan fingerprint density at radius 1 is 0.884 bits per heavy atom. The number of hydrogen-bond acceptors (Lipinski definition) is 6. The molecule has 3 heterocycles. The maximum Gasteiger partial charge on any atom is 0.227 e. The molecule has 6 nitrogen and oxygen atoms in total. The Hall–Kier alpha value is -4.11. The summed E-state index contributed by atoms with van der Waals surface area (Å²) in [6, 6.07) is 16.6. The van der Waals surface area contributed by atoms with Crippen LogP contribution in [-0.4, -0.2) is 54.2 Å². The predicted octanol–water partition coefficient (Wildman–Crippen LogP) is 6.87. The fourth-order valence-corrected chi connectivity index (χ4v) is 6.78. The van der Waals surface area contributed by atoms with Gasteiger partial charge in [-0.15, -0.1) is 0 Å². The molecule has 0 bridgehead atoms. The molecule has 7 rings (SSSR count). The van der Waals surface area contributed by atoms with Crippen LogP contribution in [0.1, 0.15) is 41.9 Å². The number of likely N-dealkylation sites (tertiary alicyclic amines) is 1. The Bertz CT molecular complexity index is 1660. The van der Waals surface area contributed by atoms with E-state index in [1.54, 1.807) is 18.2 Å². The molecule has 1 saturated heterocycles. The third-order valence-electron chi connectivity index (χ3n) is 9.11. The van der Waals surface area contributed by atoms with Crippen LogP contribution < -0.4 is 15.0 Å². The summed E-state index contributed by atoms with van der Waals surface area (Å²) in [6.45, 7) is 2.88. The zero-order valence-corrected chi connectivity index (χ0v) is 24.1. The van der Waals surface area contributed by atoms with Crippen molar-refractivity contribution < 1.29 is 17.9 Å². The highest BCUT2D eigenvalue weighted by Crippen LogP contribution is 2.41. The molecule has 43 heavy (non-hydrogen) atoms. The fourth-order valence-electron chi connectivity index (χ4n) is 6.78. The van der Waals surface area contributed by atoms with E-state index in [1.165, 1.54) is 23.3 Å².